The molecule has 0 bridgehead atoms. The average Bonchev–Trinajstić information content (AvgIpc) is 2.78. The van der Waals surface area contributed by atoms with Crippen LogP contribution in [0, 0.1) is 6.92 Å². The molecule has 2 aromatic heterocycles. The third-order valence-corrected chi connectivity index (χ3v) is 4.21. The van der Waals surface area contributed by atoms with Gasteiger partial charge in [-0.05, 0) is 37.6 Å². The van der Waals surface area contributed by atoms with Crippen molar-refractivity contribution in [2.45, 2.75) is 26.4 Å². The molecule has 0 fully saturated rings. The molecule has 0 aliphatic carbocycles. The largest absolute Gasteiger partial charge is 0.346 e. The normalized spacial score (nSPS) is 12.7. The van der Waals surface area contributed by atoms with Crippen molar-refractivity contribution in [3.8, 4) is 0 Å². The number of benzene rings is 1. The van der Waals surface area contributed by atoms with Crippen molar-refractivity contribution in [1.29, 1.82) is 0 Å². The van der Waals surface area contributed by atoms with E-state index in [-0.39, 0.29) is 6.04 Å². The lowest BCUT2D eigenvalue weighted by molar-refractivity contribution is 0.546. The van der Waals surface area contributed by atoms with E-state index in [2.05, 4.69) is 66.1 Å². The van der Waals surface area contributed by atoms with Crippen molar-refractivity contribution in [3.05, 3.63) is 65.6 Å². The molecule has 0 unspecified atom stereocenters. The maximum absolute atomic E-state index is 4.41. The van der Waals surface area contributed by atoms with Gasteiger partial charge in [0, 0.05) is 42.4 Å². The summed E-state index contributed by atoms with van der Waals surface area (Å²) in [6.07, 6.45) is 1.84. The van der Waals surface area contributed by atoms with Crippen molar-refractivity contribution in [3.63, 3.8) is 0 Å². The molecular weight excluding hydrogens is 258 g/mol. The zero-order chi connectivity index (χ0) is 14.8. The SMILES string of the molecule is Cc1c(CN[C@H](C)c2ccccn2)n(C)c2ccccc12. The van der Waals surface area contributed by atoms with Gasteiger partial charge >= 0.3 is 0 Å². The van der Waals surface area contributed by atoms with E-state index in [1.165, 1.54) is 22.2 Å². The van der Waals surface area contributed by atoms with Crippen LogP contribution < -0.4 is 5.32 Å². The molecule has 2 heterocycles. The van der Waals surface area contributed by atoms with Crippen LogP contribution in [-0.2, 0) is 13.6 Å². The first-order valence-electron chi connectivity index (χ1n) is 7.35. The van der Waals surface area contributed by atoms with E-state index >= 15 is 0 Å². The summed E-state index contributed by atoms with van der Waals surface area (Å²) < 4.78 is 2.28. The standard InChI is InChI=1S/C18H21N3/c1-13-15-8-4-5-10-17(15)21(3)18(13)12-20-14(2)16-9-6-7-11-19-16/h4-11,14,20H,12H2,1-3H3/t14-/m1/s1. The van der Waals surface area contributed by atoms with Crippen molar-refractivity contribution in [1.82, 2.24) is 14.9 Å². The average molecular weight is 279 g/mol. The van der Waals surface area contributed by atoms with Crippen LogP contribution in [0.5, 0.6) is 0 Å². The minimum Gasteiger partial charge on any atom is -0.346 e. The number of hydrogen-bond donors (Lipinski definition) is 1. The minimum absolute atomic E-state index is 0.239. The number of pyridine rings is 1. The topological polar surface area (TPSA) is 29.9 Å². The smallest absolute Gasteiger partial charge is 0.0570 e. The summed E-state index contributed by atoms with van der Waals surface area (Å²) in [6.45, 7) is 5.19. The highest BCUT2D eigenvalue weighted by atomic mass is 15.0. The molecule has 3 heteroatoms. The van der Waals surface area contributed by atoms with Gasteiger partial charge in [0.15, 0.2) is 0 Å². The third-order valence-electron chi connectivity index (χ3n) is 4.21. The number of fused-ring (bicyclic) bond motifs is 1. The number of nitrogens with zero attached hydrogens (tertiary/aromatic N) is 2. The molecule has 1 atom stereocenters. The van der Waals surface area contributed by atoms with Crippen molar-refractivity contribution in [2.75, 3.05) is 0 Å². The Morgan fingerprint density at radius 2 is 1.90 bits per heavy atom. The van der Waals surface area contributed by atoms with Gasteiger partial charge in [0.05, 0.1) is 5.69 Å². The summed E-state index contributed by atoms with van der Waals surface area (Å²) in [6, 6.07) is 14.8. The molecule has 3 aromatic rings. The second-order valence-electron chi connectivity index (χ2n) is 5.51. The van der Waals surface area contributed by atoms with Gasteiger partial charge in [-0.15, -0.1) is 0 Å². The van der Waals surface area contributed by atoms with Crippen molar-refractivity contribution in [2.24, 2.45) is 7.05 Å². The van der Waals surface area contributed by atoms with Crippen LogP contribution in [0.15, 0.2) is 48.7 Å². The zero-order valence-electron chi connectivity index (χ0n) is 12.8. The van der Waals surface area contributed by atoms with E-state index < -0.39 is 0 Å². The molecule has 0 spiro atoms. The Morgan fingerprint density at radius 1 is 1.14 bits per heavy atom. The van der Waals surface area contributed by atoms with Crippen LogP contribution in [0.3, 0.4) is 0 Å². The second-order valence-corrected chi connectivity index (χ2v) is 5.51. The highest BCUT2D eigenvalue weighted by Crippen LogP contribution is 2.24. The summed E-state index contributed by atoms with van der Waals surface area (Å²) in [5, 5.41) is 4.91. The number of para-hydroxylation sites is 1. The Morgan fingerprint density at radius 3 is 2.62 bits per heavy atom. The number of aryl methyl sites for hydroxylation is 2. The van der Waals surface area contributed by atoms with Crippen LogP contribution >= 0.6 is 0 Å². The van der Waals surface area contributed by atoms with Gasteiger partial charge in [-0.3, -0.25) is 4.98 Å². The van der Waals surface area contributed by atoms with Crippen LogP contribution in [0.2, 0.25) is 0 Å². The molecule has 0 aliphatic rings. The van der Waals surface area contributed by atoms with Gasteiger partial charge in [-0.2, -0.15) is 0 Å². The Labute approximate surface area is 125 Å². The van der Waals surface area contributed by atoms with Crippen LogP contribution in [0.4, 0.5) is 0 Å². The Balaban J connectivity index is 1.83. The Bertz CT molecular complexity index is 705. The van der Waals surface area contributed by atoms with E-state index in [0.29, 0.717) is 0 Å². The van der Waals surface area contributed by atoms with E-state index in [9.17, 15) is 0 Å². The fourth-order valence-corrected chi connectivity index (χ4v) is 2.87. The molecule has 1 aromatic carbocycles. The minimum atomic E-state index is 0.239. The van der Waals surface area contributed by atoms with E-state index in [1.54, 1.807) is 0 Å². The molecule has 0 saturated carbocycles. The summed E-state index contributed by atoms with van der Waals surface area (Å²) in [7, 11) is 2.14. The van der Waals surface area contributed by atoms with Gasteiger partial charge in [0.1, 0.15) is 0 Å². The molecule has 3 rings (SSSR count). The summed E-state index contributed by atoms with van der Waals surface area (Å²) in [4.78, 5) is 4.41. The lowest BCUT2D eigenvalue weighted by Crippen LogP contribution is -2.20. The maximum Gasteiger partial charge on any atom is 0.0570 e. The van der Waals surface area contributed by atoms with Gasteiger partial charge < -0.3 is 9.88 Å². The fraction of sp³-hybridized carbons (Fsp3) is 0.278. The first kappa shape index (κ1) is 13.8. The van der Waals surface area contributed by atoms with Crippen LogP contribution in [0.25, 0.3) is 10.9 Å². The summed E-state index contributed by atoms with van der Waals surface area (Å²) >= 11 is 0. The Kier molecular flexibility index (Phi) is 3.76. The molecule has 108 valence electrons. The first-order valence-corrected chi connectivity index (χ1v) is 7.35. The van der Waals surface area contributed by atoms with E-state index in [0.717, 1.165) is 12.2 Å². The molecule has 0 amide bonds. The van der Waals surface area contributed by atoms with Crippen LogP contribution in [-0.4, -0.2) is 9.55 Å². The highest BCUT2D eigenvalue weighted by Gasteiger charge is 2.12. The molecule has 3 nitrogen and oxygen atoms in total. The van der Waals surface area contributed by atoms with Crippen molar-refractivity contribution < 1.29 is 0 Å². The lowest BCUT2D eigenvalue weighted by Gasteiger charge is -2.14. The second kappa shape index (κ2) is 5.70. The summed E-state index contributed by atoms with van der Waals surface area (Å²) in [5.74, 6) is 0. The zero-order valence-corrected chi connectivity index (χ0v) is 12.8. The number of hydrogen-bond acceptors (Lipinski definition) is 2. The predicted octanol–water partition coefficient (Wildman–Crippen LogP) is 3.73. The first-order chi connectivity index (χ1) is 10.2. The van der Waals surface area contributed by atoms with Gasteiger partial charge in [0.25, 0.3) is 0 Å². The third kappa shape index (κ3) is 2.57. The number of rotatable bonds is 4. The lowest BCUT2D eigenvalue weighted by atomic mass is 10.1. The number of aromatic nitrogens is 2. The van der Waals surface area contributed by atoms with Gasteiger partial charge in [-0.1, -0.05) is 24.3 Å². The molecule has 0 radical (unpaired) electrons. The fourth-order valence-electron chi connectivity index (χ4n) is 2.87. The predicted molar refractivity (Wildman–Crippen MR) is 87.1 cm³/mol. The van der Waals surface area contributed by atoms with Crippen molar-refractivity contribution >= 4 is 10.9 Å². The molecule has 0 saturated heterocycles. The van der Waals surface area contributed by atoms with Crippen LogP contribution in [0.1, 0.15) is 29.9 Å². The highest BCUT2D eigenvalue weighted by molar-refractivity contribution is 5.85. The summed E-state index contributed by atoms with van der Waals surface area (Å²) in [5.41, 5.74) is 5.05. The molecule has 0 aliphatic heterocycles. The monoisotopic (exact) mass is 279 g/mol. The Hall–Kier alpha value is -2.13. The quantitative estimate of drug-likeness (QED) is 0.788. The molecular formula is C18H21N3. The molecule has 1 N–H and O–H groups in total. The maximum atomic E-state index is 4.41. The van der Waals surface area contributed by atoms with Gasteiger partial charge in [-0.25, -0.2) is 0 Å². The van der Waals surface area contributed by atoms with Gasteiger partial charge in [0.2, 0.25) is 0 Å². The van der Waals surface area contributed by atoms with E-state index in [4.69, 9.17) is 0 Å². The number of nitrogens with one attached hydrogen (secondary N) is 1. The van der Waals surface area contributed by atoms with E-state index in [1.807, 2.05) is 18.3 Å². The molecule has 21 heavy (non-hydrogen) atoms.